The molecule has 0 spiro atoms. The van der Waals surface area contributed by atoms with E-state index >= 15 is 0 Å². The van der Waals surface area contributed by atoms with E-state index in [1.165, 1.54) is 4.90 Å². The predicted octanol–water partition coefficient (Wildman–Crippen LogP) is 2.56. The van der Waals surface area contributed by atoms with Crippen LogP contribution in [0.5, 0.6) is 0 Å². The van der Waals surface area contributed by atoms with E-state index in [4.69, 9.17) is 9.15 Å². The monoisotopic (exact) mass is 447 g/mol. The summed E-state index contributed by atoms with van der Waals surface area (Å²) in [5, 5.41) is 11.1. The molecule has 0 aliphatic heterocycles. The zero-order chi connectivity index (χ0) is 23.0. The highest BCUT2D eigenvalue weighted by atomic mass is 16.5. The number of methoxy groups -OCH3 is 1. The third-order valence-electron chi connectivity index (χ3n) is 5.25. The molecule has 9 heteroatoms. The van der Waals surface area contributed by atoms with Gasteiger partial charge in [-0.3, -0.25) is 9.59 Å². The van der Waals surface area contributed by atoms with Gasteiger partial charge in [0.05, 0.1) is 24.9 Å². The molecule has 33 heavy (non-hydrogen) atoms. The molecule has 1 N–H and O–H groups in total. The summed E-state index contributed by atoms with van der Waals surface area (Å²) in [5.41, 5.74) is 2.14. The van der Waals surface area contributed by atoms with E-state index in [2.05, 4.69) is 15.6 Å². The molecule has 2 heterocycles. The smallest absolute Gasteiger partial charge is 0.247 e. The van der Waals surface area contributed by atoms with Crippen molar-refractivity contribution in [2.75, 3.05) is 20.3 Å². The number of benzene rings is 2. The van der Waals surface area contributed by atoms with E-state index in [9.17, 15) is 9.59 Å². The first-order valence-electron chi connectivity index (χ1n) is 10.6. The molecule has 1 atom stereocenters. The maximum absolute atomic E-state index is 13.5. The van der Waals surface area contributed by atoms with Crippen LogP contribution in [0.4, 0.5) is 0 Å². The summed E-state index contributed by atoms with van der Waals surface area (Å²) in [6.45, 7) is 0.669. The molecule has 0 aliphatic carbocycles. The second-order valence-electron chi connectivity index (χ2n) is 7.43. The molecular formula is C24H25N5O4. The number of nitrogens with zero attached hydrogens (tertiary/aromatic N) is 4. The number of fused-ring (bicyclic) bond motifs is 1. The van der Waals surface area contributed by atoms with E-state index in [1.807, 2.05) is 54.6 Å². The van der Waals surface area contributed by atoms with Crippen molar-refractivity contribution in [3.8, 4) is 0 Å². The van der Waals surface area contributed by atoms with E-state index in [0.29, 0.717) is 16.8 Å². The van der Waals surface area contributed by atoms with Gasteiger partial charge in [0.2, 0.25) is 11.8 Å². The third kappa shape index (κ3) is 5.27. The Hall–Kier alpha value is -3.98. The number of hydrogen-bond acceptors (Lipinski definition) is 6. The first kappa shape index (κ1) is 22.2. The van der Waals surface area contributed by atoms with Crippen molar-refractivity contribution < 1.29 is 18.7 Å². The Balaban J connectivity index is 1.61. The first-order chi connectivity index (χ1) is 16.2. The van der Waals surface area contributed by atoms with Crippen LogP contribution >= 0.6 is 0 Å². The number of ether oxygens (including phenoxy) is 1. The number of rotatable bonds is 10. The minimum Gasteiger partial charge on any atom is -0.467 e. The molecule has 2 aromatic carbocycles. The van der Waals surface area contributed by atoms with Crippen LogP contribution in [0.1, 0.15) is 17.4 Å². The maximum Gasteiger partial charge on any atom is 0.247 e. The van der Waals surface area contributed by atoms with Gasteiger partial charge in [0.25, 0.3) is 0 Å². The number of carbonyl (C=O) groups is 2. The van der Waals surface area contributed by atoms with Gasteiger partial charge in [0.1, 0.15) is 23.9 Å². The number of nitrogens with one attached hydrogen (secondary N) is 1. The molecule has 0 saturated heterocycles. The van der Waals surface area contributed by atoms with Gasteiger partial charge >= 0.3 is 0 Å². The summed E-state index contributed by atoms with van der Waals surface area (Å²) in [4.78, 5) is 28.4. The maximum atomic E-state index is 13.5. The average Bonchev–Trinajstić information content (AvgIpc) is 3.51. The quantitative estimate of drug-likeness (QED) is 0.401. The van der Waals surface area contributed by atoms with Crippen LogP contribution in [0.25, 0.3) is 11.0 Å². The molecular weight excluding hydrogens is 422 g/mol. The number of amides is 2. The van der Waals surface area contributed by atoms with Crippen molar-refractivity contribution in [3.63, 3.8) is 0 Å². The molecule has 4 rings (SSSR count). The van der Waals surface area contributed by atoms with Gasteiger partial charge < -0.3 is 19.4 Å². The summed E-state index contributed by atoms with van der Waals surface area (Å²) >= 11 is 0. The first-order valence-corrected chi connectivity index (χ1v) is 10.6. The van der Waals surface area contributed by atoms with Crippen molar-refractivity contribution >= 4 is 22.8 Å². The summed E-state index contributed by atoms with van der Waals surface area (Å²) < 4.78 is 12.1. The number of para-hydroxylation sites is 1. The second kappa shape index (κ2) is 10.6. The minimum atomic E-state index is -0.849. The SMILES string of the molecule is COCCN(C(=O)Cn1nnc2ccccc21)[C@H](C(=O)NCc1ccco1)c1ccccc1. The lowest BCUT2D eigenvalue weighted by atomic mass is 10.0. The van der Waals surface area contributed by atoms with Crippen molar-refractivity contribution in [3.05, 3.63) is 84.3 Å². The third-order valence-corrected chi connectivity index (χ3v) is 5.25. The van der Waals surface area contributed by atoms with Crippen molar-refractivity contribution in [1.29, 1.82) is 0 Å². The van der Waals surface area contributed by atoms with Crippen molar-refractivity contribution in [1.82, 2.24) is 25.2 Å². The highest BCUT2D eigenvalue weighted by Crippen LogP contribution is 2.22. The van der Waals surface area contributed by atoms with Gasteiger partial charge in [0, 0.05) is 13.7 Å². The summed E-state index contributed by atoms with van der Waals surface area (Å²) in [5.74, 6) is 0.0363. The number of carbonyl (C=O) groups excluding carboxylic acids is 2. The largest absolute Gasteiger partial charge is 0.467 e. The van der Waals surface area contributed by atoms with Crippen LogP contribution in [-0.4, -0.2) is 52.0 Å². The minimum absolute atomic E-state index is 0.0565. The van der Waals surface area contributed by atoms with Crippen LogP contribution in [0.2, 0.25) is 0 Å². The molecule has 0 radical (unpaired) electrons. The van der Waals surface area contributed by atoms with Crippen LogP contribution in [0.15, 0.2) is 77.4 Å². The molecule has 0 saturated carbocycles. The zero-order valence-corrected chi connectivity index (χ0v) is 18.3. The fourth-order valence-corrected chi connectivity index (χ4v) is 3.63. The Morgan fingerprint density at radius 3 is 2.64 bits per heavy atom. The van der Waals surface area contributed by atoms with Gasteiger partial charge in [0.15, 0.2) is 0 Å². The van der Waals surface area contributed by atoms with E-state index < -0.39 is 6.04 Å². The lowest BCUT2D eigenvalue weighted by molar-refractivity contribution is -0.142. The van der Waals surface area contributed by atoms with Crippen LogP contribution in [-0.2, 0) is 27.4 Å². The molecule has 170 valence electrons. The Morgan fingerprint density at radius 1 is 1.09 bits per heavy atom. The van der Waals surface area contributed by atoms with E-state index in [0.717, 1.165) is 5.52 Å². The Kier molecular flexibility index (Phi) is 7.11. The van der Waals surface area contributed by atoms with E-state index in [1.54, 1.807) is 30.2 Å². The lowest BCUT2D eigenvalue weighted by Crippen LogP contribution is -2.46. The standard InChI is InChI=1S/C24H25N5O4/c1-32-15-13-28(22(30)17-29-21-12-6-5-11-20(21)26-27-29)23(18-8-3-2-4-9-18)24(31)25-16-19-10-7-14-33-19/h2-12,14,23H,13,15-17H2,1H3,(H,25,31)/t23-/m0/s1. The summed E-state index contributed by atoms with van der Waals surface area (Å²) in [6, 6.07) is 19.3. The number of hydrogen-bond donors (Lipinski definition) is 1. The summed E-state index contributed by atoms with van der Waals surface area (Å²) in [7, 11) is 1.56. The molecule has 2 amide bonds. The lowest BCUT2D eigenvalue weighted by Gasteiger charge is -2.31. The van der Waals surface area contributed by atoms with Crippen LogP contribution in [0.3, 0.4) is 0 Å². The predicted molar refractivity (Wildman–Crippen MR) is 121 cm³/mol. The van der Waals surface area contributed by atoms with Crippen LogP contribution in [0, 0.1) is 0 Å². The Morgan fingerprint density at radius 2 is 1.88 bits per heavy atom. The topological polar surface area (TPSA) is 102 Å². The molecule has 0 unspecified atom stereocenters. The van der Waals surface area contributed by atoms with Crippen molar-refractivity contribution in [2.45, 2.75) is 19.1 Å². The molecule has 0 bridgehead atoms. The molecule has 4 aromatic rings. The zero-order valence-electron chi connectivity index (χ0n) is 18.3. The van der Waals surface area contributed by atoms with Gasteiger partial charge in [-0.1, -0.05) is 47.7 Å². The van der Waals surface area contributed by atoms with Gasteiger partial charge in [-0.05, 0) is 29.8 Å². The van der Waals surface area contributed by atoms with Gasteiger partial charge in [-0.25, -0.2) is 4.68 Å². The van der Waals surface area contributed by atoms with Crippen molar-refractivity contribution in [2.24, 2.45) is 0 Å². The highest BCUT2D eigenvalue weighted by Gasteiger charge is 2.31. The number of furan rings is 1. The Labute approximate surface area is 190 Å². The molecule has 0 fully saturated rings. The van der Waals surface area contributed by atoms with E-state index in [-0.39, 0.29) is 38.1 Å². The van der Waals surface area contributed by atoms with Gasteiger partial charge in [-0.15, -0.1) is 5.10 Å². The van der Waals surface area contributed by atoms with Gasteiger partial charge in [-0.2, -0.15) is 0 Å². The molecule has 2 aromatic heterocycles. The second-order valence-corrected chi connectivity index (χ2v) is 7.43. The normalized spacial score (nSPS) is 11.9. The van der Waals surface area contributed by atoms with Crippen LogP contribution < -0.4 is 5.32 Å². The highest BCUT2D eigenvalue weighted by molar-refractivity contribution is 5.89. The Bertz CT molecular complexity index is 1190. The molecule has 0 aliphatic rings. The molecule has 9 nitrogen and oxygen atoms in total. The fraction of sp³-hybridized carbons (Fsp3) is 0.250. The average molecular weight is 447 g/mol. The summed E-state index contributed by atoms with van der Waals surface area (Å²) in [6.07, 6.45) is 1.55. The number of aromatic nitrogens is 3. The fourth-order valence-electron chi connectivity index (χ4n) is 3.63.